The molecule has 1 aromatic heterocycles. The van der Waals surface area contributed by atoms with Crippen LogP contribution in [0.3, 0.4) is 0 Å². The summed E-state index contributed by atoms with van der Waals surface area (Å²) in [6, 6.07) is 4.25. The van der Waals surface area contributed by atoms with Crippen molar-refractivity contribution in [3.8, 4) is 5.88 Å². The zero-order valence-corrected chi connectivity index (χ0v) is 12.2. The van der Waals surface area contributed by atoms with Gasteiger partial charge in [-0.25, -0.2) is 4.98 Å². The lowest BCUT2D eigenvalue weighted by atomic mass is 10.1. The molecule has 1 aromatic rings. The molecule has 3 nitrogen and oxygen atoms in total. The molecule has 106 valence electrons. The third-order valence-electron chi connectivity index (χ3n) is 3.75. The zero-order valence-electron chi connectivity index (χ0n) is 12.2. The lowest BCUT2D eigenvalue weighted by Gasteiger charge is -2.17. The molecule has 19 heavy (non-hydrogen) atoms. The van der Waals surface area contributed by atoms with E-state index in [1.165, 1.54) is 44.1 Å². The molecule has 1 N–H and O–H groups in total. The van der Waals surface area contributed by atoms with Crippen molar-refractivity contribution in [2.45, 2.75) is 64.5 Å². The Morgan fingerprint density at radius 2 is 1.95 bits per heavy atom. The second-order valence-corrected chi connectivity index (χ2v) is 5.42. The fourth-order valence-corrected chi connectivity index (χ4v) is 2.70. The number of aryl methyl sites for hydroxylation is 1. The molecule has 1 aliphatic rings. The van der Waals surface area contributed by atoms with Crippen LogP contribution in [0.5, 0.6) is 5.88 Å². The highest BCUT2D eigenvalue weighted by Crippen LogP contribution is 2.23. The Morgan fingerprint density at radius 3 is 2.58 bits per heavy atom. The smallest absolute Gasteiger partial charge is 0.214 e. The van der Waals surface area contributed by atoms with Gasteiger partial charge in [0, 0.05) is 18.3 Å². The first-order valence-corrected chi connectivity index (χ1v) is 7.63. The van der Waals surface area contributed by atoms with Gasteiger partial charge in [0.2, 0.25) is 5.88 Å². The van der Waals surface area contributed by atoms with E-state index in [1.807, 2.05) is 7.05 Å². The molecule has 1 aliphatic carbocycles. The van der Waals surface area contributed by atoms with Crippen molar-refractivity contribution < 1.29 is 4.74 Å². The summed E-state index contributed by atoms with van der Waals surface area (Å²) < 4.78 is 6.13. The minimum Gasteiger partial charge on any atom is -0.474 e. The topological polar surface area (TPSA) is 34.1 Å². The predicted octanol–water partition coefficient (Wildman–Crippen LogP) is 3.47. The van der Waals surface area contributed by atoms with Crippen molar-refractivity contribution >= 4 is 0 Å². The second kappa shape index (κ2) is 7.49. The fourth-order valence-electron chi connectivity index (χ4n) is 2.70. The van der Waals surface area contributed by atoms with Crippen molar-refractivity contribution in [1.82, 2.24) is 10.3 Å². The van der Waals surface area contributed by atoms with Crippen LogP contribution in [-0.4, -0.2) is 18.1 Å². The quantitative estimate of drug-likeness (QED) is 0.825. The molecule has 0 aromatic carbocycles. The molecule has 0 unspecified atom stereocenters. The largest absolute Gasteiger partial charge is 0.474 e. The third-order valence-corrected chi connectivity index (χ3v) is 3.75. The van der Waals surface area contributed by atoms with Gasteiger partial charge < -0.3 is 10.1 Å². The molecule has 1 fully saturated rings. The summed E-state index contributed by atoms with van der Waals surface area (Å²) >= 11 is 0. The highest BCUT2D eigenvalue weighted by atomic mass is 16.5. The molecule has 0 spiro atoms. The first-order valence-electron chi connectivity index (χ1n) is 7.63. The first kappa shape index (κ1) is 14.3. The van der Waals surface area contributed by atoms with E-state index in [9.17, 15) is 0 Å². The van der Waals surface area contributed by atoms with E-state index in [2.05, 4.69) is 29.4 Å². The summed E-state index contributed by atoms with van der Waals surface area (Å²) in [4.78, 5) is 4.61. The lowest BCUT2D eigenvalue weighted by Crippen LogP contribution is -2.16. The summed E-state index contributed by atoms with van der Waals surface area (Å²) in [5, 5.41) is 3.19. The van der Waals surface area contributed by atoms with E-state index in [0.29, 0.717) is 6.10 Å². The fraction of sp³-hybridized carbons (Fsp3) is 0.688. The van der Waals surface area contributed by atoms with Gasteiger partial charge in [0.15, 0.2) is 0 Å². The van der Waals surface area contributed by atoms with Crippen molar-refractivity contribution in [3.05, 3.63) is 23.4 Å². The van der Waals surface area contributed by atoms with Crippen molar-refractivity contribution in [2.75, 3.05) is 7.05 Å². The van der Waals surface area contributed by atoms with Gasteiger partial charge >= 0.3 is 0 Å². The van der Waals surface area contributed by atoms with Gasteiger partial charge in [-0.1, -0.05) is 19.8 Å². The van der Waals surface area contributed by atoms with Gasteiger partial charge in [-0.05, 0) is 50.8 Å². The number of ether oxygens (including phenoxy) is 1. The van der Waals surface area contributed by atoms with Crippen LogP contribution in [0.15, 0.2) is 12.1 Å². The van der Waals surface area contributed by atoms with Crippen LogP contribution >= 0.6 is 0 Å². The molecule has 0 saturated heterocycles. The minimum atomic E-state index is 0.365. The van der Waals surface area contributed by atoms with E-state index in [4.69, 9.17) is 4.74 Å². The predicted molar refractivity (Wildman–Crippen MR) is 78.5 cm³/mol. The van der Waals surface area contributed by atoms with Crippen molar-refractivity contribution in [3.63, 3.8) is 0 Å². The number of rotatable bonds is 5. The average Bonchev–Trinajstić information content (AvgIpc) is 2.67. The van der Waals surface area contributed by atoms with Crippen LogP contribution in [0, 0.1) is 0 Å². The maximum absolute atomic E-state index is 6.13. The molecule has 0 amide bonds. The second-order valence-electron chi connectivity index (χ2n) is 5.42. The summed E-state index contributed by atoms with van der Waals surface area (Å²) in [5.41, 5.74) is 2.38. The number of nitrogens with one attached hydrogen (secondary N) is 1. The van der Waals surface area contributed by atoms with E-state index in [1.54, 1.807) is 0 Å². The maximum atomic E-state index is 6.13. The molecule has 2 rings (SSSR count). The van der Waals surface area contributed by atoms with E-state index in [-0.39, 0.29) is 0 Å². The van der Waals surface area contributed by atoms with Gasteiger partial charge in [-0.15, -0.1) is 0 Å². The monoisotopic (exact) mass is 262 g/mol. The van der Waals surface area contributed by atoms with E-state index in [0.717, 1.165) is 24.5 Å². The Balaban J connectivity index is 2.06. The normalized spacial score (nSPS) is 17.2. The van der Waals surface area contributed by atoms with Crippen LogP contribution in [0.1, 0.15) is 56.7 Å². The van der Waals surface area contributed by atoms with Gasteiger partial charge in [-0.2, -0.15) is 0 Å². The highest BCUT2D eigenvalue weighted by Gasteiger charge is 2.14. The molecule has 0 bridgehead atoms. The molecule has 0 aliphatic heterocycles. The number of hydrogen-bond donors (Lipinski definition) is 1. The molecule has 0 atom stereocenters. The summed E-state index contributed by atoms with van der Waals surface area (Å²) in [7, 11) is 1.97. The summed E-state index contributed by atoms with van der Waals surface area (Å²) in [6.07, 6.45) is 8.98. The molecule has 1 saturated carbocycles. The summed E-state index contributed by atoms with van der Waals surface area (Å²) in [5.74, 6) is 0.816. The van der Waals surface area contributed by atoms with Gasteiger partial charge in [0.05, 0.1) is 0 Å². The van der Waals surface area contributed by atoms with Crippen LogP contribution in [-0.2, 0) is 13.0 Å². The van der Waals surface area contributed by atoms with E-state index >= 15 is 0 Å². The number of nitrogens with zero attached hydrogens (tertiary/aromatic N) is 1. The van der Waals surface area contributed by atoms with Gasteiger partial charge in [-0.3, -0.25) is 0 Å². The SMILES string of the molecule is CCc1cc(CNC)cc(OC2CCCCCC2)n1. The van der Waals surface area contributed by atoms with Crippen LogP contribution in [0.4, 0.5) is 0 Å². The summed E-state index contributed by atoms with van der Waals surface area (Å²) in [6.45, 7) is 3.01. The van der Waals surface area contributed by atoms with Gasteiger partial charge in [0.1, 0.15) is 6.10 Å². The number of pyridine rings is 1. The zero-order chi connectivity index (χ0) is 13.5. The van der Waals surface area contributed by atoms with Crippen LogP contribution in [0.2, 0.25) is 0 Å². The average molecular weight is 262 g/mol. The van der Waals surface area contributed by atoms with Crippen molar-refractivity contribution in [2.24, 2.45) is 0 Å². The third kappa shape index (κ3) is 4.50. The Bertz CT molecular complexity index is 384. The molecule has 3 heteroatoms. The maximum Gasteiger partial charge on any atom is 0.214 e. The van der Waals surface area contributed by atoms with E-state index < -0.39 is 0 Å². The van der Waals surface area contributed by atoms with Gasteiger partial charge in [0.25, 0.3) is 0 Å². The Hall–Kier alpha value is -1.09. The first-order chi connectivity index (χ1) is 9.31. The standard InChI is InChI=1S/C16H26N2O/c1-3-14-10-13(12-17-2)11-16(18-14)19-15-8-6-4-5-7-9-15/h10-11,15,17H,3-9,12H2,1-2H3. The van der Waals surface area contributed by atoms with Crippen LogP contribution in [0.25, 0.3) is 0 Å². The number of hydrogen-bond acceptors (Lipinski definition) is 3. The Labute approximate surface area is 116 Å². The Morgan fingerprint density at radius 1 is 1.21 bits per heavy atom. The number of aromatic nitrogens is 1. The van der Waals surface area contributed by atoms with Crippen LogP contribution < -0.4 is 10.1 Å². The molecule has 0 radical (unpaired) electrons. The Kier molecular flexibility index (Phi) is 5.64. The molecular formula is C16H26N2O. The lowest BCUT2D eigenvalue weighted by molar-refractivity contribution is 0.175. The minimum absolute atomic E-state index is 0.365. The van der Waals surface area contributed by atoms with Crippen molar-refractivity contribution in [1.29, 1.82) is 0 Å². The molecule has 1 heterocycles. The molecular weight excluding hydrogens is 236 g/mol. The highest BCUT2D eigenvalue weighted by molar-refractivity contribution is 5.25.